The largest absolute Gasteiger partial charge is 0.466 e. The average Bonchev–Trinajstić information content (AvgIpc) is 2.54. The quantitative estimate of drug-likeness (QED) is 0.312. The fraction of sp³-hybridized carbons (Fsp3) is 0.895. The Bertz CT molecular complexity index is 302. The van der Waals surface area contributed by atoms with Crippen LogP contribution in [0.1, 0.15) is 91.4 Å². The molecule has 0 aromatic heterocycles. The van der Waals surface area contributed by atoms with Crippen LogP contribution in [0.5, 0.6) is 0 Å². The Labute approximate surface area is 142 Å². The molecule has 0 bridgehead atoms. The molecule has 0 aliphatic heterocycles. The zero-order valence-electron chi connectivity index (χ0n) is 15.4. The van der Waals surface area contributed by atoms with Crippen LogP contribution >= 0.6 is 0 Å². The number of ether oxygens (including phenoxy) is 2. The third-order valence-corrected chi connectivity index (χ3v) is 4.06. The van der Waals surface area contributed by atoms with Crippen molar-refractivity contribution in [2.75, 3.05) is 13.2 Å². The second kappa shape index (κ2) is 15.8. The lowest BCUT2D eigenvalue weighted by molar-refractivity contribution is -0.150. The first-order chi connectivity index (χ1) is 11.2. The topological polar surface area (TPSA) is 52.6 Å². The van der Waals surface area contributed by atoms with E-state index in [0.717, 1.165) is 19.3 Å². The number of unbranched alkanes of at least 4 members (excludes halogenated alkanes) is 6. The van der Waals surface area contributed by atoms with Gasteiger partial charge in [0.15, 0.2) is 0 Å². The molecular weight excluding hydrogens is 292 g/mol. The van der Waals surface area contributed by atoms with Crippen LogP contribution in [-0.2, 0) is 19.1 Å². The van der Waals surface area contributed by atoms with E-state index in [1.54, 1.807) is 6.92 Å². The van der Waals surface area contributed by atoms with Crippen molar-refractivity contribution in [1.29, 1.82) is 0 Å². The predicted octanol–water partition coefficient (Wildman–Crippen LogP) is 5.04. The van der Waals surface area contributed by atoms with Crippen molar-refractivity contribution in [3.05, 3.63) is 0 Å². The van der Waals surface area contributed by atoms with E-state index in [0.29, 0.717) is 32.5 Å². The van der Waals surface area contributed by atoms with Gasteiger partial charge in [0.25, 0.3) is 0 Å². The number of hydrogen-bond acceptors (Lipinski definition) is 4. The fourth-order valence-electron chi connectivity index (χ4n) is 2.56. The molecule has 0 heterocycles. The number of esters is 2. The van der Waals surface area contributed by atoms with Gasteiger partial charge in [-0.1, -0.05) is 52.4 Å². The minimum Gasteiger partial charge on any atom is -0.466 e. The van der Waals surface area contributed by atoms with Gasteiger partial charge in [-0.3, -0.25) is 9.59 Å². The SMILES string of the molecule is CCCCCCCCCOC(=O)C(CC)CCCC(=O)OCC. The van der Waals surface area contributed by atoms with Crippen LogP contribution in [0.25, 0.3) is 0 Å². The van der Waals surface area contributed by atoms with Crippen LogP contribution in [0.4, 0.5) is 0 Å². The van der Waals surface area contributed by atoms with Crippen LogP contribution in [0.15, 0.2) is 0 Å². The van der Waals surface area contributed by atoms with Gasteiger partial charge in [-0.2, -0.15) is 0 Å². The van der Waals surface area contributed by atoms with Crippen molar-refractivity contribution in [3.8, 4) is 0 Å². The van der Waals surface area contributed by atoms with Crippen LogP contribution in [-0.4, -0.2) is 25.2 Å². The van der Waals surface area contributed by atoms with Crippen molar-refractivity contribution in [3.63, 3.8) is 0 Å². The molecule has 23 heavy (non-hydrogen) atoms. The number of hydrogen-bond donors (Lipinski definition) is 0. The van der Waals surface area contributed by atoms with Crippen LogP contribution in [0, 0.1) is 5.92 Å². The molecule has 0 rings (SSSR count). The summed E-state index contributed by atoms with van der Waals surface area (Å²) in [6.07, 6.45) is 11.0. The van der Waals surface area contributed by atoms with E-state index < -0.39 is 0 Å². The summed E-state index contributed by atoms with van der Waals surface area (Å²) in [5.74, 6) is -0.380. The highest BCUT2D eigenvalue weighted by atomic mass is 16.5. The number of rotatable bonds is 15. The molecule has 0 saturated heterocycles. The van der Waals surface area contributed by atoms with Crippen LogP contribution in [0.3, 0.4) is 0 Å². The molecule has 1 unspecified atom stereocenters. The zero-order chi connectivity index (χ0) is 17.3. The Hall–Kier alpha value is -1.06. The summed E-state index contributed by atoms with van der Waals surface area (Å²) in [7, 11) is 0. The van der Waals surface area contributed by atoms with Gasteiger partial charge in [-0.05, 0) is 32.6 Å². The van der Waals surface area contributed by atoms with E-state index in [4.69, 9.17) is 9.47 Å². The van der Waals surface area contributed by atoms with E-state index in [9.17, 15) is 9.59 Å². The first kappa shape index (κ1) is 21.9. The van der Waals surface area contributed by atoms with Crippen molar-refractivity contribution >= 4 is 11.9 Å². The molecular formula is C19H36O4. The van der Waals surface area contributed by atoms with E-state index in [2.05, 4.69) is 6.92 Å². The third kappa shape index (κ3) is 13.1. The average molecular weight is 328 g/mol. The smallest absolute Gasteiger partial charge is 0.308 e. The normalized spacial score (nSPS) is 12.0. The molecule has 0 aromatic rings. The number of carbonyl (C=O) groups excluding carboxylic acids is 2. The molecule has 0 aliphatic rings. The highest BCUT2D eigenvalue weighted by Crippen LogP contribution is 2.15. The van der Waals surface area contributed by atoms with E-state index in [1.807, 2.05) is 6.92 Å². The minimum atomic E-state index is -0.182. The maximum Gasteiger partial charge on any atom is 0.308 e. The van der Waals surface area contributed by atoms with Crippen molar-refractivity contribution in [2.45, 2.75) is 91.4 Å². The van der Waals surface area contributed by atoms with Gasteiger partial charge in [-0.15, -0.1) is 0 Å². The summed E-state index contributed by atoms with van der Waals surface area (Å²) < 4.78 is 10.3. The molecule has 0 amide bonds. The summed E-state index contributed by atoms with van der Waals surface area (Å²) in [5.41, 5.74) is 0. The molecule has 0 fully saturated rings. The lowest BCUT2D eigenvalue weighted by atomic mass is 9.99. The fourth-order valence-corrected chi connectivity index (χ4v) is 2.56. The highest BCUT2D eigenvalue weighted by molar-refractivity contribution is 5.72. The van der Waals surface area contributed by atoms with Gasteiger partial charge in [0.2, 0.25) is 0 Å². The third-order valence-electron chi connectivity index (χ3n) is 4.06. The maximum absolute atomic E-state index is 12.0. The highest BCUT2D eigenvalue weighted by Gasteiger charge is 2.18. The lowest BCUT2D eigenvalue weighted by Gasteiger charge is -2.14. The Morgan fingerprint density at radius 1 is 0.826 bits per heavy atom. The molecule has 0 aromatic carbocycles. The van der Waals surface area contributed by atoms with Gasteiger partial charge in [0, 0.05) is 6.42 Å². The molecule has 0 N–H and O–H groups in total. The Balaban J connectivity index is 3.66. The van der Waals surface area contributed by atoms with Crippen LogP contribution < -0.4 is 0 Å². The monoisotopic (exact) mass is 328 g/mol. The van der Waals surface area contributed by atoms with Gasteiger partial charge in [0.1, 0.15) is 0 Å². The molecule has 4 heteroatoms. The molecule has 0 saturated carbocycles. The Morgan fingerprint density at radius 3 is 2.09 bits per heavy atom. The second-order valence-electron chi connectivity index (χ2n) is 6.09. The van der Waals surface area contributed by atoms with E-state index in [-0.39, 0.29) is 17.9 Å². The first-order valence-electron chi connectivity index (χ1n) is 9.47. The lowest BCUT2D eigenvalue weighted by Crippen LogP contribution is -2.18. The van der Waals surface area contributed by atoms with Crippen LogP contribution in [0.2, 0.25) is 0 Å². The van der Waals surface area contributed by atoms with Gasteiger partial charge >= 0.3 is 11.9 Å². The molecule has 0 spiro atoms. The predicted molar refractivity (Wildman–Crippen MR) is 93.2 cm³/mol. The van der Waals surface area contributed by atoms with E-state index in [1.165, 1.54) is 32.1 Å². The standard InChI is InChI=1S/C19H36O4/c1-4-7-8-9-10-11-12-16-23-19(21)17(5-2)14-13-15-18(20)22-6-3/h17H,4-16H2,1-3H3. The Kier molecular flexibility index (Phi) is 15.1. The van der Waals surface area contributed by atoms with Crippen molar-refractivity contribution < 1.29 is 19.1 Å². The molecule has 0 radical (unpaired) electrons. The molecule has 4 nitrogen and oxygen atoms in total. The minimum absolute atomic E-state index is 0.0889. The van der Waals surface area contributed by atoms with Crippen molar-refractivity contribution in [1.82, 2.24) is 0 Å². The summed E-state index contributed by atoms with van der Waals surface area (Å²) in [6, 6.07) is 0. The summed E-state index contributed by atoms with van der Waals surface area (Å²) >= 11 is 0. The second-order valence-corrected chi connectivity index (χ2v) is 6.09. The summed E-state index contributed by atoms with van der Waals surface area (Å²) in [4.78, 5) is 23.3. The summed E-state index contributed by atoms with van der Waals surface area (Å²) in [6.45, 7) is 6.95. The zero-order valence-corrected chi connectivity index (χ0v) is 15.4. The first-order valence-corrected chi connectivity index (χ1v) is 9.47. The summed E-state index contributed by atoms with van der Waals surface area (Å²) in [5, 5.41) is 0. The van der Waals surface area contributed by atoms with Crippen molar-refractivity contribution in [2.24, 2.45) is 5.92 Å². The maximum atomic E-state index is 12.0. The van der Waals surface area contributed by atoms with Gasteiger partial charge in [-0.25, -0.2) is 0 Å². The Morgan fingerprint density at radius 2 is 1.48 bits per heavy atom. The van der Waals surface area contributed by atoms with Gasteiger partial charge < -0.3 is 9.47 Å². The van der Waals surface area contributed by atoms with Gasteiger partial charge in [0.05, 0.1) is 19.1 Å². The molecule has 1 atom stereocenters. The van der Waals surface area contributed by atoms with E-state index >= 15 is 0 Å². The molecule has 136 valence electrons. The molecule has 0 aliphatic carbocycles. The number of carbonyl (C=O) groups is 2.